The Kier molecular flexibility index (Phi) is 5.54. The molecule has 1 saturated carbocycles. The van der Waals surface area contributed by atoms with Crippen LogP contribution in [0.3, 0.4) is 0 Å². The van der Waals surface area contributed by atoms with Gasteiger partial charge >= 0.3 is 5.97 Å². The number of hydrogen-bond donors (Lipinski definition) is 2. The first-order valence-corrected chi connectivity index (χ1v) is 12.4. The van der Waals surface area contributed by atoms with E-state index in [4.69, 9.17) is 26.1 Å². The number of nitrogens with zero attached hydrogens (tertiary/aromatic N) is 1. The third kappa shape index (κ3) is 4.18. The number of fused-ring (bicyclic) bond motifs is 2. The minimum Gasteiger partial charge on any atom is -0.490 e. The molecule has 1 fully saturated rings. The first-order valence-electron chi connectivity index (χ1n) is 11.2. The molecule has 0 spiro atoms. The Labute approximate surface area is 201 Å². The lowest BCUT2D eigenvalue weighted by Crippen LogP contribution is -2.28. The minimum absolute atomic E-state index is 0.495. The number of hydrogen-bond acceptors (Lipinski definition) is 6. The fourth-order valence-electron chi connectivity index (χ4n) is 4.30. The first kappa shape index (κ1) is 22.4. The predicted molar refractivity (Wildman–Crippen MR) is 132 cm³/mol. The van der Waals surface area contributed by atoms with E-state index in [9.17, 15) is 9.90 Å². The SMILES string of the molecule is Cc1cc2nc(C3CC3)sc2c(-c2ccc3c(c2Cl)NCCO3)c1C(OC(C)(C)C)C(=O)O. The lowest BCUT2D eigenvalue weighted by Gasteiger charge is -2.28. The minimum atomic E-state index is -1.15. The van der Waals surface area contributed by atoms with Gasteiger partial charge in [0.25, 0.3) is 0 Å². The van der Waals surface area contributed by atoms with Gasteiger partial charge in [0.1, 0.15) is 12.4 Å². The van der Waals surface area contributed by atoms with Gasteiger partial charge in [-0.2, -0.15) is 0 Å². The third-order valence-corrected chi connectivity index (χ3v) is 7.51. The summed E-state index contributed by atoms with van der Waals surface area (Å²) in [6.45, 7) is 8.74. The Balaban J connectivity index is 1.81. The van der Waals surface area contributed by atoms with E-state index in [1.54, 1.807) is 11.3 Å². The van der Waals surface area contributed by atoms with Crippen molar-refractivity contribution in [3.63, 3.8) is 0 Å². The summed E-state index contributed by atoms with van der Waals surface area (Å²) >= 11 is 8.57. The number of carbonyl (C=O) groups is 1. The number of ether oxygens (including phenoxy) is 2. The van der Waals surface area contributed by atoms with Gasteiger partial charge < -0.3 is 19.9 Å². The van der Waals surface area contributed by atoms with Gasteiger partial charge in [0.15, 0.2) is 6.10 Å². The molecule has 2 N–H and O–H groups in total. The molecule has 0 saturated heterocycles. The molecular formula is C25H27ClN2O4S. The zero-order chi connectivity index (χ0) is 23.5. The Morgan fingerprint density at radius 1 is 1.36 bits per heavy atom. The molecule has 2 aromatic carbocycles. The highest BCUT2D eigenvalue weighted by Gasteiger charge is 2.34. The van der Waals surface area contributed by atoms with Crippen LogP contribution in [-0.4, -0.2) is 34.8 Å². The van der Waals surface area contributed by atoms with Crippen LogP contribution in [0.5, 0.6) is 5.75 Å². The summed E-state index contributed by atoms with van der Waals surface area (Å²) < 4.78 is 12.8. The summed E-state index contributed by atoms with van der Waals surface area (Å²) in [7, 11) is 0. The molecule has 8 heteroatoms. The zero-order valence-corrected chi connectivity index (χ0v) is 20.7. The average molecular weight is 487 g/mol. The molecule has 5 rings (SSSR count). The van der Waals surface area contributed by atoms with Crippen molar-refractivity contribution in [1.29, 1.82) is 0 Å². The van der Waals surface area contributed by atoms with Gasteiger partial charge in [-0.3, -0.25) is 0 Å². The number of carboxylic acids is 1. The van der Waals surface area contributed by atoms with Crippen LogP contribution >= 0.6 is 22.9 Å². The van der Waals surface area contributed by atoms with Crippen molar-refractivity contribution < 1.29 is 19.4 Å². The largest absolute Gasteiger partial charge is 0.490 e. The lowest BCUT2D eigenvalue weighted by atomic mass is 9.90. The van der Waals surface area contributed by atoms with Crippen molar-refractivity contribution in [1.82, 2.24) is 4.98 Å². The van der Waals surface area contributed by atoms with Crippen LogP contribution in [0.15, 0.2) is 18.2 Å². The van der Waals surface area contributed by atoms with Crippen LogP contribution in [0, 0.1) is 6.92 Å². The quantitative estimate of drug-likeness (QED) is 0.425. The maximum absolute atomic E-state index is 12.5. The van der Waals surface area contributed by atoms with E-state index in [2.05, 4.69) is 5.32 Å². The molecule has 1 aliphatic carbocycles. The number of aliphatic carboxylic acids is 1. The highest BCUT2D eigenvalue weighted by atomic mass is 35.5. The monoisotopic (exact) mass is 486 g/mol. The molecule has 1 atom stereocenters. The Bertz CT molecular complexity index is 1260. The Hall–Kier alpha value is -2.35. The second kappa shape index (κ2) is 8.15. The lowest BCUT2D eigenvalue weighted by molar-refractivity contribution is -0.160. The molecule has 2 heterocycles. The van der Waals surface area contributed by atoms with Crippen molar-refractivity contribution in [2.75, 3.05) is 18.5 Å². The van der Waals surface area contributed by atoms with Gasteiger partial charge in [-0.1, -0.05) is 11.6 Å². The number of benzene rings is 2. The standard InChI is InChI=1S/C25H27ClN2O4S/c1-12-11-15-22(33-23(28-15)13-5-6-13)18(17(12)21(24(29)30)32-25(2,3)4)14-7-8-16-20(19(14)26)27-9-10-31-16/h7-8,11,13,21,27H,5-6,9-10H2,1-4H3,(H,29,30). The summed E-state index contributed by atoms with van der Waals surface area (Å²) in [6.07, 6.45) is 1.15. The van der Waals surface area contributed by atoms with Crippen molar-refractivity contribution in [3.05, 3.63) is 39.4 Å². The number of anilines is 1. The van der Waals surface area contributed by atoms with Crippen molar-refractivity contribution in [3.8, 4) is 16.9 Å². The third-order valence-electron chi connectivity index (χ3n) is 5.86. The van der Waals surface area contributed by atoms with Crippen LogP contribution in [-0.2, 0) is 9.53 Å². The normalized spacial score (nSPS) is 16.8. The second-order valence-electron chi connectivity index (χ2n) is 9.68. The van der Waals surface area contributed by atoms with Gasteiger partial charge in [-0.05, 0) is 64.3 Å². The molecule has 174 valence electrons. The molecule has 1 aliphatic heterocycles. The van der Waals surface area contributed by atoms with E-state index in [1.165, 1.54) is 0 Å². The summed E-state index contributed by atoms with van der Waals surface area (Å²) in [6, 6.07) is 5.79. The highest BCUT2D eigenvalue weighted by Crippen LogP contribution is 2.50. The average Bonchev–Trinajstić information content (AvgIpc) is 3.51. The van der Waals surface area contributed by atoms with Crippen molar-refractivity contribution in [2.45, 2.75) is 58.2 Å². The number of carboxylic acid groups (broad SMARTS) is 1. The maximum Gasteiger partial charge on any atom is 0.337 e. The molecular weight excluding hydrogens is 460 g/mol. The number of rotatable bonds is 5. The van der Waals surface area contributed by atoms with Gasteiger partial charge in [0, 0.05) is 29.2 Å². The Morgan fingerprint density at radius 3 is 2.79 bits per heavy atom. The summed E-state index contributed by atoms with van der Waals surface area (Å²) in [5.41, 5.74) is 3.93. The molecule has 0 amide bonds. The summed E-state index contributed by atoms with van der Waals surface area (Å²) in [4.78, 5) is 17.4. The van der Waals surface area contributed by atoms with Crippen LogP contribution in [0.4, 0.5) is 5.69 Å². The summed E-state index contributed by atoms with van der Waals surface area (Å²) in [5, 5.41) is 15.2. The molecule has 6 nitrogen and oxygen atoms in total. The van der Waals surface area contributed by atoms with Crippen LogP contribution in [0.2, 0.25) is 5.02 Å². The topological polar surface area (TPSA) is 80.7 Å². The maximum atomic E-state index is 12.5. The van der Waals surface area contributed by atoms with Gasteiger partial charge in [-0.25, -0.2) is 9.78 Å². The molecule has 1 aromatic heterocycles. The van der Waals surface area contributed by atoms with E-state index in [0.29, 0.717) is 35.4 Å². The highest BCUT2D eigenvalue weighted by molar-refractivity contribution is 7.19. The molecule has 3 aromatic rings. The molecule has 2 aliphatic rings. The fraction of sp³-hybridized carbons (Fsp3) is 0.440. The number of thiazole rings is 1. The van der Waals surface area contributed by atoms with Gasteiger partial charge in [0.05, 0.1) is 31.5 Å². The summed E-state index contributed by atoms with van der Waals surface area (Å²) in [5.74, 6) is 0.161. The van der Waals surface area contributed by atoms with E-state index < -0.39 is 17.7 Å². The van der Waals surface area contributed by atoms with Crippen LogP contribution < -0.4 is 10.1 Å². The van der Waals surface area contributed by atoms with Gasteiger partial charge in [0.2, 0.25) is 0 Å². The molecule has 0 radical (unpaired) electrons. The molecule has 33 heavy (non-hydrogen) atoms. The number of nitrogens with one attached hydrogen (secondary N) is 1. The van der Waals surface area contributed by atoms with E-state index >= 15 is 0 Å². The smallest absolute Gasteiger partial charge is 0.337 e. The van der Waals surface area contributed by atoms with E-state index in [0.717, 1.165) is 50.4 Å². The zero-order valence-electron chi connectivity index (χ0n) is 19.1. The first-order chi connectivity index (χ1) is 15.6. The van der Waals surface area contributed by atoms with E-state index in [-0.39, 0.29) is 0 Å². The second-order valence-corrected chi connectivity index (χ2v) is 11.1. The Morgan fingerprint density at radius 2 is 2.12 bits per heavy atom. The number of halogens is 1. The molecule has 1 unspecified atom stereocenters. The molecule has 0 bridgehead atoms. The number of aryl methyl sites for hydroxylation is 1. The fourth-order valence-corrected chi connectivity index (χ4v) is 5.90. The number of aromatic nitrogens is 1. The van der Waals surface area contributed by atoms with Gasteiger partial charge in [-0.15, -0.1) is 11.3 Å². The van der Waals surface area contributed by atoms with Crippen LogP contribution in [0.1, 0.15) is 61.8 Å². The van der Waals surface area contributed by atoms with Crippen LogP contribution in [0.25, 0.3) is 21.3 Å². The predicted octanol–water partition coefficient (Wildman–Crippen LogP) is 6.55. The van der Waals surface area contributed by atoms with Crippen molar-refractivity contribution >= 4 is 44.8 Å². The van der Waals surface area contributed by atoms with E-state index in [1.807, 2.05) is 45.9 Å². The van der Waals surface area contributed by atoms with Crippen molar-refractivity contribution in [2.24, 2.45) is 0 Å².